The fourth-order valence-electron chi connectivity index (χ4n) is 2.17. The van der Waals surface area contributed by atoms with E-state index in [1.54, 1.807) is 14.2 Å². The van der Waals surface area contributed by atoms with Crippen LogP contribution in [-0.2, 0) is 11.3 Å². The Bertz CT molecular complexity index is 447. The number of aliphatic carboxylic acids is 1. The minimum Gasteiger partial charge on any atom is -0.493 e. The van der Waals surface area contributed by atoms with Gasteiger partial charge in [0.2, 0.25) is 0 Å². The van der Waals surface area contributed by atoms with Crippen LogP contribution in [-0.4, -0.2) is 42.8 Å². The van der Waals surface area contributed by atoms with Gasteiger partial charge in [-0.25, -0.2) is 0 Å². The Labute approximate surface area is 120 Å². The normalized spacial score (nSPS) is 12.2. The molecule has 1 aromatic carbocycles. The first kappa shape index (κ1) is 16.3. The molecule has 20 heavy (non-hydrogen) atoms. The fraction of sp³-hybridized carbons (Fsp3) is 0.533. The molecule has 0 aliphatic heterocycles. The number of rotatable bonds is 8. The molecule has 5 nitrogen and oxygen atoms in total. The van der Waals surface area contributed by atoms with E-state index in [1.165, 1.54) is 0 Å². The van der Waals surface area contributed by atoms with Crippen molar-refractivity contribution in [1.82, 2.24) is 4.90 Å². The van der Waals surface area contributed by atoms with Crippen molar-refractivity contribution in [2.45, 2.75) is 32.9 Å². The molecular weight excluding hydrogens is 258 g/mol. The smallest absolute Gasteiger partial charge is 0.304 e. The van der Waals surface area contributed by atoms with E-state index in [1.807, 2.05) is 32.0 Å². The molecule has 0 aliphatic rings. The molecule has 0 aliphatic carbocycles. The number of carbonyl (C=O) groups is 1. The molecule has 1 N–H and O–H groups in total. The monoisotopic (exact) mass is 281 g/mol. The molecule has 5 heteroatoms. The van der Waals surface area contributed by atoms with E-state index in [0.29, 0.717) is 18.0 Å². The number of hydrogen-bond acceptors (Lipinski definition) is 4. The molecule has 0 bridgehead atoms. The van der Waals surface area contributed by atoms with Gasteiger partial charge in [0.1, 0.15) is 0 Å². The average Bonchev–Trinajstić information content (AvgIpc) is 2.43. The minimum absolute atomic E-state index is 0.00871. The van der Waals surface area contributed by atoms with Gasteiger partial charge in [0.05, 0.1) is 20.6 Å². The Morgan fingerprint density at radius 3 is 2.45 bits per heavy atom. The second-order valence-corrected chi connectivity index (χ2v) is 4.70. The number of benzene rings is 1. The third kappa shape index (κ3) is 4.42. The van der Waals surface area contributed by atoms with Crippen molar-refractivity contribution in [3.05, 3.63) is 23.8 Å². The van der Waals surface area contributed by atoms with Crippen LogP contribution in [0.25, 0.3) is 0 Å². The summed E-state index contributed by atoms with van der Waals surface area (Å²) in [5.41, 5.74) is 1.07. The Morgan fingerprint density at radius 1 is 1.30 bits per heavy atom. The van der Waals surface area contributed by atoms with Crippen LogP contribution >= 0.6 is 0 Å². The lowest BCUT2D eigenvalue weighted by Gasteiger charge is -2.27. The maximum absolute atomic E-state index is 10.8. The maximum Gasteiger partial charge on any atom is 0.304 e. The van der Waals surface area contributed by atoms with Crippen LogP contribution in [0.5, 0.6) is 11.5 Å². The summed E-state index contributed by atoms with van der Waals surface area (Å²) in [6, 6.07) is 5.75. The second-order valence-electron chi connectivity index (χ2n) is 4.70. The van der Waals surface area contributed by atoms with Gasteiger partial charge >= 0.3 is 5.97 Å². The predicted molar refractivity (Wildman–Crippen MR) is 77.3 cm³/mol. The number of methoxy groups -OCH3 is 2. The number of hydrogen-bond donors (Lipinski definition) is 1. The Hall–Kier alpha value is -1.75. The highest BCUT2D eigenvalue weighted by Gasteiger charge is 2.16. The second kappa shape index (κ2) is 7.75. The third-order valence-corrected chi connectivity index (χ3v) is 3.33. The summed E-state index contributed by atoms with van der Waals surface area (Å²) in [6.45, 7) is 5.44. The number of carboxylic acids is 1. The highest BCUT2D eigenvalue weighted by Crippen LogP contribution is 2.28. The minimum atomic E-state index is -0.775. The third-order valence-electron chi connectivity index (χ3n) is 3.33. The first-order chi connectivity index (χ1) is 9.51. The van der Waals surface area contributed by atoms with E-state index in [0.717, 1.165) is 12.1 Å². The van der Waals surface area contributed by atoms with E-state index < -0.39 is 5.97 Å². The van der Waals surface area contributed by atoms with E-state index in [9.17, 15) is 4.79 Å². The molecular formula is C15H23NO4. The summed E-state index contributed by atoms with van der Waals surface area (Å²) in [5, 5.41) is 8.88. The maximum atomic E-state index is 10.8. The number of carboxylic acid groups (broad SMARTS) is 1. The number of ether oxygens (including phenoxy) is 2. The van der Waals surface area contributed by atoms with E-state index >= 15 is 0 Å². The molecule has 112 valence electrons. The zero-order valence-electron chi connectivity index (χ0n) is 12.5. The van der Waals surface area contributed by atoms with Crippen LogP contribution in [0.1, 0.15) is 25.8 Å². The average molecular weight is 281 g/mol. The van der Waals surface area contributed by atoms with Gasteiger partial charge in [0, 0.05) is 12.6 Å². The molecule has 0 aromatic heterocycles. The highest BCUT2D eigenvalue weighted by molar-refractivity contribution is 5.67. The van der Waals surface area contributed by atoms with E-state index in [4.69, 9.17) is 14.6 Å². The lowest BCUT2D eigenvalue weighted by molar-refractivity contribution is -0.138. The summed E-state index contributed by atoms with van der Waals surface area (Å²) < 4.78 is 10.5. The van der Waals surface area contributed by atoms with Crippen LogP contribution in [0.15, 0.2) is 18.2 Å². The quantitative estimate of drug-likeness (QED) is 0.793. The molecule has 0 saturated heterocycles. The van der Waals surface area contributed by atoms with Crippen molar-refractivity contribution >= 4 is 5.97 Å². The van der Waals surface area contributed by atoms with Gasteiger partial charge in [0.25, 0.3) is 0 Å². The van der Waals surface area contributed by atoms with Crippen LogP contribution < -0.4 is 9.47 Å². The summed E-state index contributed by atoms with van der Waals surface area (Å²) in [7, 11) is 3.21. The van der Waals surface area contributed by atoms with Gasteiger partial charge in [-0.1, -0.05) is 13.0 Å². The van der Waals surface area contributed by atoms with Crippen molar-refractivity contribution < 1.29 is 19.4 Å². The SMILES string of the molecule is CCN(Cc1ccc(OC)c(OC)c1)C(C)CC(=O)O. The Morgan fingerprint density at radius 2 is 1.95 bits per heavy atom. The first-order valence-electron chi connectivity index (χ1n) is 6.68. The van der Waals surface area contributed by atoms with Crippen molar-refractivity contribution in [3.8, 4) is 11.5 Å². The summed E-state index contributed by atoms with van der Waals surface area (Å²) in [4.78, 5) is 12.9. The fourth-order valence-corrected chi connectivity index (χ4v) is 2.17. The van der Waals surface area contributed by atoms with E-state index in [2.05, 4.69) is 4.90 Å². The standard InChI is InChI=1S/C15H23NO4/c1-5-16(11(2)8-15(17)18)10-12-6-7-13(19-3)14(9-12)20-4/h6-7,9,11H,5,8,10H2,1-4H3,(H,17,18). The molecule has 0 amide bonds. The molecule has 1 rings (SSSR count). The molecule has 0 radical (unpaired) electrons. The van der Waals surface area contributed by atoms with Crippen molar-refractivity contribution in [1.29, 1.82) is 0 Å². The van der Waals surface area contributed by atoms with Crippen molar-refractivity contribution in [2.24, 2.45) is 0 Å². The van der Waals surface area contributed by atoms with Gasteiger partial charge < -0.3 is 14.6 Å². The zero-order chi connectivity index (χ0) is 15.1. The lowest BCUT2D eigenvalue weighted by atomic mass is 10.1. The summed E-state index contributed by atoms with van der Waals surface area (Å²) in [5.74, 6) is 0.605. The number of nitrogens with zero attached hydrogens (tertiary/aromatic N) is 1. The topological polar surface area (TPSA) is 59.0 Å². The predicted octanol–water partition coefficient (Wildman–Crippen LogP) is 2.39. The molecule has 0 spiro atoms. The molecule has 0 saturated carbocycles. The van der Waals surface area contributed by atoms with Gasteiger partial charge in [-0.2, -0.15) is 0 Å². The Balaban J connectivity index is 2.81. The summed E-state index contributed by atoms with van der Waals surface area (Å²) >= 11 is 0. The van der Waals surface area contributed by atoms with Gasteiger partial charge in [0.15, 0.2) is 11.5 Å². The van der Waals surface area contributed by atoms with Gasteiger partial charge in [-0.3, -0.25) is 9.69 Å². The molecule has 0 fully saturated rings. The van der Waals surface area contributed by atoms with Gasteiger partial charge in [-0.15, -0.1) is 0 Å². The zero-order valence-corrected chi connectivity index (χ0v) is 12.5. The molecule has 1 atom stereocenters. The van der Waals surface area contributed by atoms with Crippen LogP contribution in [0.2, 0.25) is 0 Å². The largest absolute Gasteiger partial charge is 0.493 e. The van der Waals surface area contributed by atoms with Crippen LogP contribution in [0.4, 0.5) is 0 Å². The molecule has 0 heterocycles. The lowest BCUT2D eigenvalue weighted by Crippen LogP contribution is -2.34. The summed E-state index contributed by atoms with van der Waals surface area (Å²) in [6.07, 6.45) is 0.140. The Kier molecular flexibility index (Phi) is 6.31. The molecule has 1 aromatic rings. The van der Waals surface area contributed by atoms with Crippen LogP contribution in [0.3, 0.4) is 0 Å². The van der Waals surface area contributed by atoms with Crippen molar-refractivity contribution in [2.75, 3.05) is 20.8 Å². The van der Waals surface area contributed by atoms with E-state index in [-0.39, 0.29) is 12.5 Å². The highest BCUT2D eigenvalue weighted by atomic mass is 16.5. The first-order valence-corrected chi connectivity index (χ1v) is 6.68. The molecule has 1 unspecified atom stereocenters. The van der Waals surface area contributed by atoms with Gasteiger partial charge in [-0.05, 0) is 31.2 Å². The van der Waals surface area contributed by atoms with Crippen molar-refractivity contribution in [3.63, 3.8) is 0 Å². The van der Waals surface area contributed by atoms with Crippen LogP contribution in [0, 0.1) is 0 Å².